The molecule has 188 valence electrons. The lowest BCUT2D eigenvalue weighted by molar-refractivity contribution is -0.145. The largest absolute Gasteiger partial charge is 0.481 e. The Labute approximate surface area is 193 Å². The first kappa shape index (κ1) is 28.3. The Morgan fingerprint density at radius 1 is 1.03 bits per heavy atom. The number of nitrogens with two attached hydrogens (primary N) is 2. The van der Waals surface area contributed by atoms with Crippen molar-refractivity contribution in [1.82, 2.24) is 15.5 Å². The van der Waals surface area contributed by atoms with E-state index in [4.69, 9.17) is 16.6 Å². The minimum Gasteiger partial charge on any atom is -0.481 e. The summed E-state index contributed by atoms with van der Waals surface area (Å²) in [5.41, 5.74) is 11.3. The van der Waals surface area contributed by atoms with Gasteiger partial charge in [-0.3, -0.25) is 19.2 Å². The van der Waals surface area contributed by atoms with Gasteiger partial charge in [-0.05, 0) is 51.0 Å². The highest BCUT2D eigenvalue weighted by Crippen LogP contribution is 2.20. The van der Waals surface area contributed by atoms with Crippen LogP contribution in [0.5, 0.6) is 0 Å². The first-order chi connectivity index (χ1) is 15.5. The molecule has 1 fully saturated rings. The molecule has 12 heteroatoms. The van der Waals surface area contributed by atoms with E-state index in [0.717, 1.165) is 0 Å². The first-order valence-corrected chi connectivity index (χ1v) is 11.3. The van der Waals surface area contributed by atoms with Crippen molar-refractivity contribution in [3.8, 4) is 0 Å². The van der Waals surface area contributed by atoms with Gasteiger partial charge in [0, 0.05) is 13.0 Å². The van der Waals surface area contributed by atoms with Crippen LogP contribution in [-0.4, -0.2) is 82.0 Å². The zero-order chi connectivity index (χ0) is 25.1. The van der Waals surface area contributed by atoms with Gasteiger partial charge >= 0.3 is 11.9 Å². The van der Waals surface area contributed by atoms with Gasteiger partial charge in [-0.15, -0.1) is 0 Å². The second-order valence-electron chi connectivity index (χ2n) is 8.64. The third kappa shape index (κ3) is 8.97. The molecule has 4 atom stereocenters. The van der Waals surface area contributed by atoms with Crippen molar-refractivity contribution in [1.29, 1.82) is 0 Å². The van der Waals surface area contributed by atoms with Crippen LogP contribution in [0.4, 0.5) is 0 Å². The summed E-state index contributed by atoms with van der Waals surface area (Å²) in [6.45, 7) is 4.13. The fourth-order valence-electron chi connectivity index (χ4n) is 3.62. The molecule has 1 aliphatic rings. The van der Waals surface area contributed by atoms with Crippen LogP contribution in [0.1, 0.15) is 58.8 Å². The molecule has 0 aromatic rings. The van der Waals surface area contributed by atoms with Crippen molar-refractivity contribution < 1.29 is 34.2 Å². The average molecular weight is 472 g/mol. The molecule has 1 rings (SSSR count). The van der Waals surface area contributed by atoms with E-state index in [2.05, 4.69) is 10.6 Å². The van der Waals surface area contributed by atoms with E-state index in [0.29, 0.717) is 32.2 Å². The summed E-state index contributed by atoms with van der Waals surface area (Å²) in [7, 11) is 0. The van der Waals surface area contributed by atoms with Crippen molar-refractivity contribution >= 4 is 29.7 Å². The Hall–Kier alpha value is -2.73. The van der Waals surface area contributed by atoms with E-state index in [1.807, 2.05) is 0 Å². The number of likely N-dealkylation sites (tertiary alicyclic amines) is 1. The Balaban J connectivity index is 2.94. The Morgan fingerprint density at radius 3 is 2.24 bits per heavy atom. The second kappa shape index (κ2) is 13.7. The predicted molar refractivity (Wildman–Crippen MR) is 119 cm³/mol. The molecule has 0 aromatic heterocycles. The van der Waals surface area contributed by atoms with Gasteiger partial charge in [0.25, 0.3) is 0 Å². The number of hydrogen-bond donors (Lipinski definition) is 6. The van der Waals surface area contributed by atoms with Crippen LogP contribution >= 0.6 is 0 Å². The predicted octanol–water partition coefficient (Wildman–Crippen LogP) is -0.991. The summed E-state index contributed by atoms with van der Waals surface area (Å²) in [5, 5.41) is 23.5. The maximum absolute atomic E-state index is 13.2. The van der Waals surface area contributed by atoms with Crippen LogP contribution in [0.15, 0.2) is 0 Å². The van der Waals surface area contributed by atoms with E-state index in [1.54, 1.807) is 13.8 Å². The van der Waals surface area contributed by atoms with E-state index >= 15 is 0 Å². The SMILES string of the molecule is CC(C)C(N)C(=O)NC(CCC(=O)O)C(=O)N1CCCC1C(=O)NC(CCCCN)C(=O)O. The summed E-state index contributed by atoms with van der Waals surface area (Å²) in [4.78, 5) is 62.3. The van der Waals surface area contributed by atoms with Crippen molar-refractivity contribution in [3.63, 3.8) is 0 Å². The summed E-state index contributed by atoms with van der Waals surface area (Å²) >= 11 is 0. The van der Waals surface area contributed by atoms with Gasteiger partial charge in [0.05, 0.1) is 6.04 Å². The van der Waals surface area contributed by atoms with E-state index in [1.165, 1.54) is 4.90 Å². The third-order valence-corrected chi connectivity index (χ3v) is 5.68. The quantitative estimate of drug-likeness (QED) is 0.172. The summed E-state index contributed by atoms with van der Waals surface area (Å²) in [6.07, 6.45) is 1.69. The van der Waals surface area contributed by atoms with Crippen molar-refractivity contribution in [2.24, 2.45) is 17.4 Å². The van der Waals surface area contributed by atoms with Crippen LogP contribution in [0.3, 0.4) is 0 Å². The minimum absolute atomic E-state index is 0.160. The molecule has 1 aliphatic heterocycles. The van der Waals surface area contributed by atoms with Gasteiger partial charge in [-0.25, -0.2) is 4.79 Å². The summed E-state index contributed by atoms with van der Waals surface area (Å²) in [5.74, 6) is -4.27. The number of carboxylic acid groups (broad SMARTS) is 2. The number of nitrogens with zero attached hydrogens (tertiary/aromatic N) is 1. The molecule has 0 saturated carbocycles. The number of carbonyl (C=O) groups excluding carboxylic acids is 3. The molecule has 3 amide bonds. The molecule has 12 nitrogen and oxygen atoms in total. The van der Waals surface area contributed by atoms with Crippen molar-refractivity contribution in [2.75, 3.05) is 13.1 Å². The standard InChI is InChI=1S/C21H37N5O7/c1-12(2)17(23)19(30)24-13(8-9-16(27)28)20(31)26-11-5-7-15(26)18(29)25-14(21(32)33)6-3-4-10-22/h12-15,17H,3-11,22-23H2,1-2H3,(H,24,30)(H,25,29)(H,27,28)(H,32,33). The Morgan fingerprint density at radius 2 is 1.70 bits per heavy atom. The van der Waals surface area contributed by atoms with E-state index in [9.17, 15) is 29.1 Å². The summed E-state index contributed by atoms with van der Waals surface area (Å²) < 4.78 is 0. The molecule has 4 unspecified atom stereocenters. The lowest BCUT2D eigenvalue weighted by atomic mass is 10.0. The van der Waals surface area contributed by atoms with Crippen LogP contribution in [0.2, 0.25) is 0 Å². The topological polar surface area (TPSA) is 205 Å². The van der Waals surface area contributed by atoms with Crippen molar-refractivity contribution in [3.05, 3.63) is 0 Å². The molecule has 0 radical (unpaired) electrons. The third-order valence-electron chi connectivity index (χ3n) is 5.68. The van der Waals surface area contributed by atoms with Gasteiger partial charge in [0.15, 0.2) is 0 Å². The number of carbonyl (C=O) groups is 5. The minimum atomic E-state index is -1.18. The lowest BCUT2D eigenvalue weighted by Crippen LogP contribution is -2.57. The Kier molecular flexibility index (Phi) is 11.8. The summed E-state index contributed by atoms with van der Waals surface area (Å²) in [6, 6.07) is -4.05. The van der Waals surface area contributed by atoms with Gasteiger partial charge < -0.3 is 37.2 Å². The molecular weight excluding hydrogens is 434 g/mol. The molecule has 1 saturated heterocycles. The number of hydrogen-bond acceptors (Lipinski definition) is 7. The molecule has 0 spiro atoms. The zero-order valence-electron chi connectivity index (χ0n) is 19.3. The average Bonchev–Trinajstić information content (AvgIpc) is 3.24. The number of aliphatic carboxylic acids is 2. The number of amides is 3. The van der Waals surface area contributed by atoms with Gasteiger partial charge in [-0.1, -0.05) is 13.8 Å². The van der Waals surface area contributed by atoms with Gasteiger partial charge in [0.1, 0.15) is 18.1 Å². The van der Waals surface area contributed by atoms with Crippen LogP contribution in [0, 0.1) is 5.92 Å². The zero-order valence-corrected chi connectivity index (χ0v) is 19.3. The fraction of sp³-hybridized carbons (Fsp3) is 0.762. The van der Waals surface area contributed by atoms with Crippen LogP contribution in [-0.2, 0) is 24.0 Å². The van der Waals surface area contributed by atoms with Gasteiger partial charge in [-0.2, -0.15) is 0 Å². The highest BCUT2D eigenvalue weighted by molar-refractivity contribution is 5.94. The Bertz CT molecular complexity index is 715. The first-order valence-electron chi connectivity index (χ1n) is 11.3. The molecule has 0 aliphatic carbocycles. The monoisotopic (exact) mass is 471 g/mol. The fourth-order valence-corrected chi connectivity index (χ4v) is 3.62. The number of rotatable bonds is 14. The smallest absolute Gasteiger partial charge is 0.326 e. The highest BCUT2D eigenvalue weighted by Gasteiger charge is 2.39. The number of nitrogens with one attached hydrogen (secondary N) is 2. The second-order valence-corrected chi connectivity index (χ2v) is 8.64. The molecule has 0 bridgehead atoms. The molecule has 8 N–H and O–H groups in total. The maximum Gasteiger partial charge on any atom is 0.326 e. The van der Waals surface area contributed by atoms with Gasteiger partial charge in [0.2, 0.25) is 17.7 Å². The molecule has 1 heterocycles. The lowest BCUT2D eigenvalue weighted by Gasteiger charge is -2.30. The van der Waals surface area contributed by atoms with E-state index < -0.39 is 53.8 Å². The normalized spacial score (nSPS) is 18.5. The number of unbranched alkanes of at least 4 members (excludes halogenated alkanes) is 1. The number of carboxylic acids is 2. The van der Waals surface area contributed by atoms with Crippen molar-refractivity contribution in [2.45, 2.75) is 83.0 Å². The molecule has 33 heavy (non-hydrogen) atoms. The van der Waals surface area contributed by atoms with Crippen LogP contribution in [0.25, 0.3) is 0 Å². The highest BCUT2D eigenvalue weighted by atomic mass is 16.4. The molecular formula is C21H37N5O7. The maximum atomic E-state index is 13.2. The molecule has 0 aromatic carbocycles. The van der Waals surface area contributed by atoms with E-state index in [-0.39, 0.29) is 31.7 Å². The van der Waals surface area contributed by atoms with Crippen LogP contribution < -0.4 is 22.1 Å².